The van der Waals surface area contributed by atoms with Crippen LogP contribution < -0.4 is 11.1 Å². The van der Waals surface area contributed by atoms with Gasteiger partial charge in [0.2, 0.25) is 0 Å². The summed E-state index contributed by atoms with van der Waals surface area (Å²) in [6, 6.07) is 0. The van der Waals surface area contributed by atoms with Crippen LogP contribution in [0.2, 0.25) is 0 Å². The van der Waals surface area contributed by atoms with Crippen molar-refractivity contribution in [3.05, 3.63) is 12.5 Å². The minimum Gasteiger partial charge on any atom is -0.394 e. The number of nitrogens with one attached hydrogen (secondary N) is 1. The van der Waals surface area contributed by atoms with Crippen molar-refractivity contribution in [1.82, 2.24) is 9.97 Å². The van der Waals surface area contributed by atoms with Crippen molar-refractivity contribution in [2.75, 3.05) is 17.6 Å². The van der Waals surface area contributed by atoms with Crippen LogP contribution in [-0.2, 0) is 0 Å². The zero-order chi connectivity index (χ0) is 10.7. The van der Waals surface area contributed by atoms with E-state index in [1.165, 1.54) is 25.6 Å². The third-order valence-corrected chi connectivity index (χ3v) is 3.31. The molecule has 15 heavy (non-hydrogen) atoms. The summed E-state index contributed by atoms with van der Waals surface area (Å²) in [5, 5.41) is 3.31. The van der Waals surface area contributed by atoms with Gasteiger partial charge in [-0.05, 0) is 18.3 Å². The molecule has 1 aromatic heterocycles. The Labute approximate surface area is 90.3 Å². The zero-order valence-electron chi connectivity index (χ0n) is 9.11. The smallest absolute Gasteiger partial charge is 0.152 e. The highest BCUT2D eigenvalue weighted by Gasteiger charge is 2.22. The molecule has 4 nitrogen and oxygen atoms in total. The van der Waals surface area contributed by atoms with Gasteiger partial charge in [-0.2, -0.15) is 0 Å². The van der Waals surface area contributed by atoms with Crippen LogP contribution in [0.1, 0.15) is 26.2 Å². The van der Waals surface area contributed by atoms with Gasteiger partial charge >= 0.3 is 0 Å². The van der Waals surface area contributed by atoms with Gasteiger partial charge in [-0.1, -0.05) is 19.8 Å². The van der Waals surface area contributed by atoms with Crippen molar-refractivity contribution < 1.29 is 0 Å². The Morgan fingerprint density at radius 2 is 2.40 bits per heavy atom. The lowest BCUT2D eigenvalue weighted by Crippen LogP contribution is -2.17. The lowest BCUT2D eigenvalue weighted by Gasteiger charge is -2.16. The molecule has 1 aromatic rings. The van der Waals surface area contributed by atoms with E-state index in [4.69, 9.17) is 5.73 Å². The zero-order valence-corrected chi connectivity index (χ0v) is 9.11. The van der Waals surface area contributed by atoms with Crippen molar-refractivity contribution >= 4 is 11.5 Å². The molecule has 2 atom stereocenters. The predicted molar refractivity (Wildman–Crippen MR) is 61.4 cm³/mol. The molecule has 1 fully saturated rings. The first-order valence-electron chi connectivity index (χ1n) is 5.56. The number of aromatic nitrogens is 2. The summed E-state index contributed by atoms with van der Waals surface area (Å²) < 4.78 is 0. The average molecular weight is 206 g/mol. The summed E-state index contributed by atoms with van der Waals surface area (Å²) in [5.41, 5.74) is 6.38. The average Bonchev–Trinajstić information content (AvgIpc) is 2.63. The molecule has 4 heteroatoms. The summed E-state index contributed by atoms with van der Waals surface area (Å²) in [5.74, 6) is 2.35. The third kappa shape index (κ3) is 2.37. The van der Waals surface area contributed by atoms with Gasteiger partial charge in [-0.3, -0.25) is 0 Å². The van der Waals surface area contributed by atoms with Gasteiger partial charge in [-0.25, -0.2) is 9.97 Å². The molecule has 1 aliphatic carbocycles. The number of hydrogen-bond donors (Lipinski definition) is 2. The Morgan fingerprint density at radius 1 is 1.53 bits per heavy atom. The first-order chi connectivity index (χ1) is 7.27. The largest absolute Gasteiger partial charge is 0.394 e. The molecule has 0 bridgehead atoms. The second kappa shape index (κ2) is 4.47. The Kier molecular flexibility index (Phi) is 3.04. The first-order valence-corrected chi connectivity index (χ1v) is 5.56. The van der Waals surface area contributed by atoms with Crippen LogP contribution in [0.25, 0.3) is 0 Å². The Morgan fingerprint density at radius 3 is 3.07 bits per heavy atom. The highest BCUT2D eigenvalue weighted by atomic mass is 15.0. The minimum atomic E-state index is 0.628. The van der Waals surface area contributed by atoms with Crippen molar-refractivity contribution in [3.63, 3.8) is 0 Å². The van der Waals surface area contributed by atoms with Gasteiger partial charge in [0, 0.05) is 6.54 Å². The number of nitrogen functional groups attached to an aromatic ring is 1. The lowest BCUT2D eigenvalue weighted by atomic mass is 9.98. The highest BCUT2D eigenvalue weighted by Crippen LogP contribution is 2.31. The predicted octanol–water partition coefficient (Wildman–Crippen LogP) is 1.91. The van der Waals surface area contributed by atoms with Gasteiger partial charge in [-0.15, -0.1) is 0 Å². The fourth-order valence-electron chi connectivity index (χ4n) is 2.24. The van der Waals surface area contributed by atoms with Crippen LogP contribution in [0.4, 0.5) is 11.5 Å². The van der Waals surface area contributed by atoms with Crippen LogP contribution in [0.15, 0.2) is 12.5 Å². The SMILES string of the molecule is CC1CCCC1CNc1ncncc1N. The van der Waals surface area contributed by atoms with Crippen molar-refractivity contribution in [1.29, 1.82) is 0 Å². The van der Waals surface area contributed by atoms with E-state index in [1.54, 1.807) is 6.20 Å². The standard InChI is InChI=1S/C11H18N4/c1-8-3-2-4-9(8)5-14-11-10(12)6-13-7-15-11/h6-9H,2-5,12H2,1H3,(H,13,14,15). The molecule has 1 aliphatic rings. The van der Waals surface area contributed by atoms with Crippen molar-refractivity contribution in [3.8, 4) is 0 Å². The second-order valence-electron chi connectivity index (χ2n) is 4.38. The number of hydrogen-bond acceptors (Lipinski definition) is 4. The molecule has 3 N–H and O–H groups in total. The van der Waals surface area contributed by atoms with E-state index in [9.17, 15) is 0 Å². The lowest BCUT2D eigenvalue weighted by molar-refractivity contribution is 0.439. The minimum absolute atomic E-state index is 0.628. The fraction of sp³-hybridized carbons (Fsp3) is 0.636. The van der Waals surface area contributed by atoms with Crippen molar-refractivity contribution in [2.24, 2.45) is 11.8 Å². The summed E-state index contributed by atoms with van der Waals surface area (Å²) in [4.78, 5) is 7.98. The molecule has 0 amide bonds. The van der Waals surface area contributed by atoms with E-state index in [-0.39, 0.29) is 0 Å². The quantitative estimate of drug-likeness (QED) is 0.793. The van der Waals surface area contributed by atoms with Crippen LogP contribution in [-0.4, -0.2) is 16.5 Å². The van der Waals surface area contributed by atoms with Crippen LogP contribution >= 0.6 is 0 Å². The van der Waals surface area contributed by atoms with E-state index in [0.29, 0.717) is 5.69 Å². The van der Waals surface area contributed by atoms with Gasteiger partial charge in [0.15, 0.2) is 5.82 Å². The maximum atomic E-state index is 5.75. The summed E-state index contributed by atoms with van der Waals surface area (Å²) in [6.45, 7) is 3.30. The van der Waals surface area contributed by atoms with Crippen LogP contribution in [0.5, 0.6) is 0 Å². The number of rotatable bonds is 3. The van der Waals surface area contributed by atoms with Crippen LogP contribution in [0, 0.1) is 11.8 Å². The second-order valence-corrected chi connectivity index (χ2v) is 4.38. The number of nitrogens with zero attached hydrogens (tertiary/aromatic N) is 2. The Bertz CT molecular complexity index is 326. The molecule has 0 aromatic carbocycles. The molecule has 0 radical (unpaired) electrons. The van der Waals surface area contributed by atoms with Gasteiger partial charge in [0.1, 0.15) is 6.33 Å². The molecule has 2 unspecified atom stereocenters. The number of anilines is 2. The normalized spacial score (nSPS) is 25.4. The Hall–Kier alpha value is -1.32. The molecule has 2 rings (SSSR count). The third-order valence-electron chi connectivity index (χ3n) is 3.31. The maximum absolute atomic E-state index is 5.75. The Balaban J connectivity index is 1.90. The number of nitrogens with two attached hydrogens (primary N) is 1. The maximum Gasteiger partial charge on any atom is 0.152 e. The molecule has 0 aliphatic heterocycles. The molecule has 0 saturated heterocycles. The molecular formula is C11H18N4. The van der Waals surface area contributed by atoms with E-state index < -0.39 is 0 Å². The first kappa shape index (κ1) is 10.2. The van der Waals surface area contributed by atoms with Crippen LogP contribution in [0.3, 0.4) is 0 Å². The van der Waals surface area contributed by atoms with E-state index in [1.807, 2.05) is 0 Å². The van der Waals surface area contributed by atoms with Gasteiger partial charge in [0.25, 0.3) is 0 Å². The molecular weight excluding hydrogens is 188 g/mol. The molecule has 1 saturated carbocycles. The summed E-state index contributed by atoms with van der Waals surface area (Å²) in [7, 11) is 0. The molecule has 0 spiro atoms. The summed E-state index contributed by atoms with van der Waals surface area (Å²) in [6.07, 6.45) is 7.18. The van der Waals surface area contributed by atoms with E-state index >= 15 is 0 Å². The molecule has 82 valence electrons. The summed E-state index contributed by atoms with van der Waals surface area (Å²) >= 11 is 0. The highest BCUT2D eigenvalue weighted by molar-refractivity contribution is 5.58. The van der Waals surface area contributed by atoms with E-state index in [0.717, 1.165) is 24.2 Å². The fourth-order valence-corrected chi connectivity index (χ4v) is 2.24. The topological polar surface area (TPSA) is 63.8 Å². The van der Waals surface area contributed by atoms with Gasteiger partial charge in [0.05, 0.1) is 11.9 Å². The molecule has 1 heterocycles. The van der Waals surface area contributed by atoms with Crippen molar-refractivity contribution in [2.45, 2.75) is 26.2 Å². The van der Waals surface area contributed by atoms with Gasteiger partial charge < -0.3 is 11.1 Å². The van der Waals surface area contributed by atoms with E-state index in [2.05, 4.69) is 22.2 Å². The monoisotopic (exact) mass is 206 g/mol.